The Bertz CT molecular complexity index is 2180. The largest absolute Gasteiger partial charge is 0.481 e. The van der Waals surface area contributed by atoms with Crippen molar-refractivity contribution in [2.75, 3.05) is 23.7 Å². The number of rotatable bonds is 14. The van der Waals surface area contributed by atoms with Crippen LogP contribution in [-0.2, 0) is 38.7 Å². The van der Waals surface area contributed by atoms with Gasteiger partial charge in [0.2, 0.25) is 11.8 Å². The Morgan fingerprint density at radius 1 is 0.741 bits per heavy atom. The van der Waals surface area contributed by atoms with Crippen LogP contribution in [0.5, 0.6) is 0 Å². The van der Waals surface area contributed by atoms with Gasteiger partial charge in [0.25, 0.3) is 0 Å². The molecule has 4 N–H and O–H groups in total. The lowest BCUT2D eigenvalue weighted by atomic mass is 10.0. The van der Waals surface area contributed by atoms with Crippen LogP contribution in [0, 0.1) is 0 Å². The zero-order valence-electron chi connectivity index (χ0n) is 31.8. The van der Waals surface area contributed by atoms with Crippen molar-refractivity contribution < 1.29 is 43.3 Å². The maximum atomic E-state index is 13.3. The van der Waals surface area contributed by atoms with E-state index in [0.29, 0.717) is 66.3 Å². The summed E-state index contributed by atoms with van der Waals surface area (Å²) in [5, 5.41) is 26.4. The monoisotopic (exact) mass is 787 g/mol. The Morgan fingerprint density at radius 2 is 1.31 bits per heavy atom. The van der Waals surface area contributed by atoms with Gasteiger partial charge in [-0.25, -0.2) is 14.6 Å². The minimum atomic E-state index is -1.10. The Labute approximate surface area is 335 Å². The number of aliphatic hydroxyl groups is 1. The number of aromatic nitrogens is 1. The molecule has 2 fully saturated rings. The number of amides is 3. The van der Waals surface area contributed by atoms with Crippen LogP contribution in [0.15, 0.2) is 114 Å². The van der Waals surface area contributed by atoms with Gasteiger partial charge in [0.05, 0.1) is 0 Å². The number of carbonyl (C=O) groups excluding carboxylic acids is 3. The molecule has 58 heavy (non-hydrogen) atoms. The molecule has 2 saturated heterocycles. The molecule has 2 aliphatic heterocycles. The van der Waals surface area contributed by atoms with E-state index in [2.05, 4.69) is 15.6 Å². The molecule has 14 heteroatoms. The molecule has 0 bridgehead atoms. The van der Waals surface area contributed by atoms with Crippen LogP contribution in [0.3, 0.4) is 0 Å². The van der Waals surface area contributed by atoms with Gasteiger partial charge in [0.15, 0.2) is 5.76 Å². The van der Waals surface area contributed by atoms with Crippen molar-refractivity contribution in [1.82, 2.24) is 14.8 Å². The number of benzene rings is 4. The lowest BCUT2D eigenvalue weighted by Crippen LogP contribution is -2.43. The van der Waals surface area contributed by atoms with E-state index in [1.165, 1.54) is 4.90 Å². The first-order chi connectivity index (χ1) is 28.2. The van der Waals surface area contributed by atoms with E-state index in [4.69, 9.17) is 13.9 Å². The van der Waals surface area contributed by atoms with Crippen LogP contribution < -0.4 is 10.6 Å². The van der Waals surface area contributed by atoms with Gasteiger partial charge in [-0.1, -0.05) is 72.8 Å². The molecule has 2 aliphatic rings. The van der Waals surface area contributed by atoms with Crippen molar-refractivity contribution in [2.24, 2.45) is 0 Å². The summed E-state index contributed by atoms with van der Waals surface area (Å²) in [5.41, 5.74) is 4.56. The second-order valence-electron chi connectivity index (χ2n) is 14.3. The number of carboxylic acids is 1. The molecule has 0 spiro atoms. The van der Waals surface area contributed by atoms with Gasteiger partial charge in [-0.05, 0) is 73.2 Å². The van der Waals surface area contributed by atoms with Crippen molar-refractivity contribution in [3.63, 3.8) is 0 Å². The van der Waals surface area contributed by atoms with Gasteiger partial charge in [-0.2, -0.15) is 0 Å². The number of hydrogen-bond donors (Lipinski definition) is 4. The fourth-order valence-electron chi connectivity index (χ4n) is 7.31. The van der Waals surface area contributed by atoms with Crippen molar-refractivity contribution in [1.29, 1.82) is 0 Å². The fourth-order valence-corrected chi connectivity index (χ4v) is 7.31. The Morgan fingerprint density at radius 3 is 1.95 bits per heavy atom. The van der Waals surface area contributed by atoms with E-state index in [9.17, 15) is 29.4 Å². The molecule has 0 aliphatic carbocycles. The summed E-state index contributed by atoms with van der Waals surface area (Å²) >= 11 is 0. The van der Waals surface area contributed by atoms with Crippen LogP contribution in [0.1, 0.15) is 49.1 Å². The fraction of sp³-hybridized carbons (Fsp3) is 0.295. The number of carbonyl (C=O) groups is 4. The quantitative estimate of drug-likeness (QED) is 0.0829. The van der Waals surface area contributed by atoms with Crippen molar-refractivity contribution in [3.05, 3.63) is 126 Å². The minimum absolute atomic E-state index is 0.0244. The van der Waals surface area contributed by atoms with Crippen LogP contribution in [0.25, 0.3) is 22.6 Å². The molecule has 5 aromatic rings. The summed E-state index contributed by atoms with van der Waals surface area (Å²) < 4.78 is 17.0. The molecule has 4 aromatic carbocycles. The first-order valence-electron chi connectivity index (χ1n) is 19.3. The van der Waals surface area contributed by atoms with Gasteiger partial charge in [0.1, 0.15) is 37.6 Å². The van der Waals surface area contributed by atoms with Crippen LogP contribution in [0.2, 0.25) is 0 Å². The lowest BCUT2D eigenvalue weighted by Gasteiger charge is -2.26. The maximum Gasteiger partial charge on any atom is 0.410 e. The second kappa shape index (κ2) is 18.5. The van der Waals surface area contributed by atoms with Gasteiger partial charge in [-0.3, -0.25) is 14.5 Å². The highest BCUT2D eigenvalue weighted by Gasteiger charge is 2.35. The first-order valence-corrected chi connectivity index (χ1v) is 19.3. The van der Waals surface area contributed by atoms with E-state index in [1.54, 1.807) is 53.4 Å². The van der Waals surface area contributed by atoms with Crippen molar-refractivity contribution in [2.45, 2.75) is 70.1 Å². The van der Waals surface area contributed by atoms with E-state index in [-0.39, 0.29) is 31.1 Å². The van der Waals surface area contributed by atoms with Crippen LogP contribution in [0.4, 0.5) is 21.0 Å². The molecule has 1 unspecified atom stereocenters. The first kappa shape index (κ1) is 39.6. The summed E-state index contributed by atoms with van der Waals surface area (Å²) in [6.45, 7) is 1.28. The number of oxazole rings is 1. The van der Waals surface area contributed by atoms with Crippen molar-refractivity contribution >= 4 is 35.4 Å². The summed E-state index contributed by atoms with van der Waals surface area (Å²) in [5.74, 6) is -1.04. The molecule has 3 heterocycles. The smallest absolute Gasteiger partial charge is 0.410 e. The van der Waals surface area contributed by atoms with E-state index < -0.39 is 36.8 Å². The maximum absolute atomic E-state index is 13.3. The Hall–Kier alpha value is -6.67. The highest BCUT2D eigenvalue weighted by atomic mass is 16.6. The third-order valence-electron chi connectivity index (χ3n) is 10.2. The minimum Gasteiger partial charge on any atom is -0.481 e. The van der Waals surface area contributed by atoms with E-state index in [1.807, 2.05) is 60.7 Å². The molecule has 1 aromatic heterocycles. The molecule has 3 atom stereocenters. The van der Waals surface area contributed by atoms with Crippen LogP contribution in [-0.4, -0.2) is 80.5 Å². The molecular weight excluding hydrogens is 743 g/mol. The third kappa shape index (κ3) is 10.0. The molecule has 300 valence electrons. The third-order valence-corrected chi connectivity index (χ3v) is 10.2. The standard InChI is InChI=1S/C44H45N5O9/c50-37(25-35-13-7-23-48(35)43(54)56-27-29-9-3-1-4-10-29)45-33-21-17-32(18-22-33)41-40(47-38(58-41)26-39(51)52)31-15-19-34(20-16-31)46-42(53)36-14-8-24-49(36)44(55)57-28-30-11-5-2-6-12-30/h1-6,9-12,15-22,35-37,45,50H,7-8,13-14,23-28H2,(H,46,53)(H,51,52)/t35-,36-,37?/m0/s1. The molecule has 0 radical (unpaired) electrons. The highest BCUT2D eigenvalue weighted by molar-refractivity contribution is 5.97. The van der Waals surface area contributed by atoms with E-state index >= 15 is 0 Å². The number of ether oxygens (including phenoxy) is 2. The summed E-state index contributed by atoms with van der Waals surface area (Å²) in [7, 11) is 0. The summed E-state index contributed by atoms with van der Waals surface area (Å²) in [6.07, 6.45) is 0.770. The second-order valence-corrected chi connectivity index (χ2v) is 14.3. The lowest BCUT2D eigenvalue weighted by molar-refractivity contribution is -0.136. The number of nitrogens with zero attached hydrogens (tertiary/aromatic N) is 3. The predicted molar refractivity (Wildman–Crippen MR) is 214 cm³/mol. The molecule has 14 nitrogen and oxygen atoms in total. The molecule has 3 amide bonds. The normalized spacial score (nSPS) is 16.8. The van der Waals surface area contributed by atoms with Gasteiger partial charge in [-0.15, -0.1) is 0 Å². The average molecular weight is 788 g/mol. The number of likely N-dealkylation sites (tertiary alicyclic amines) is 2. The Balaban J connectivity index is 0.969. The summed E-state index contributed by atoms with van der Waals surface area (Å²) in [6, 6.07) is 32.0. The zero-order chi connectivity index (χ0) is 40.4. The van der Waals surface area contributed by atoms with Gasteiger partial charge < -0.3 is 39.6 Å². The number of nitrogens with one attached hydrogen (secondary N) is 2. The molecule has 0 saturated carbocycles. The SMILES string of the molecule is O=C(O)Cc1nc(-c2ccc(NC(=O)[C@@H]3CCCN3C(=O)OCc3ccccc3)cc2)c(-c2ccc(NC(O)C[C@@H]3CCCN3C(=O)OCc3ccccc3)cc2)o1. The number of hydrogen-bond acceptors (Lipinski definition) is 10. The van der Waals surface area contributed by atoms with Gasteiger partial charge >= 0.3 is 18.2 Å². The number of aliphatic carboxylic acids is 1. The summed E-state index contributed by atoms with van der Waals surface area (Å²) in [4.78, 5) is 58.2. The number of anilines is 2. The van der Waals surface area contributed by atoms with E-state index in [0.717, 1.165) is 24.0 Å². The predicted octanol–water partition coefficient (Wildman–Crippen LogP) is 7.30. The van der Waals surface area contributed by atoms with Gasteiger partial charge in [0, 0.05) is 48.1 Å². The average Bonchev–Trinajstić information content (AvgIpc) is 4.01. The zero-order valence-corrected chi connectivity index (χ0v) is 31.8. The van der Waals surface area contributed by atoms with Crippen molar-refractivity contribution in [3.8, 4) is 22.6 Å². The Kier molecular flexibility index (Phi) is 12.6. The topological polar surface area (TPSA) is 184 Å². The highest BCUT2D eigenvalue weighted by Crippen LogP contribution is 2.35. The molecular formula is C44H45N5O9. The number of carboxylic acid groups (broad SMARTS) is 1. The van der Waals surface area contributed by atoms with Crippen LogP contribution >= 0.6 is 0 Å². The number of aliphatic hydroxyl groups excluding tert-OH is 1. The molecule has 7 rings (SSSR count).